The predicted molar refractivity (Wildman–Crippen MR) is 92.9 cm³/mol. The Bertz CT molecular complexity index is 772. The number of hydrogen-bond donors (Lipinski definition) is 0. The number of aromatic nitrogens is 2. The van der Waals surface area contributed by atoms with Gasteiger partial charge in [-0.15, -0.1) is 0 Å². The van der Waals surface area contributed by atoms with Gasteiger partial charge in [-0.3, -0.25) is 0 Å². The van der Waals surface area contributed by atoms with E-state index >= 15 is 0 Å². The molecule has 0 N–H and O–H groups in total. The van der Waals surface area contributed by atoms with E-state index < -0.39 is 5.60 Å². The van der Waals surface area contributed by atoms with Crippen LogP contribution in [0.1, 0.15) is 27.2 Å². The molecule has 1 fully saturated rings. The SMILES string of the molecule is COc1ccc2ncnc(O[C@H]3CCN(C(=O)OC(C)(C)C)C3)c2c1. The summed E-state index contributed by atoms with van der Waals surface area (Å²) in [4.78, 5) is 22.3. The van der Waals surface area contributed by atoms with E-state index in [0.29, 0.717) is 24.7 Å². The average Bonchev–Trinajstić information content (AvgIpc) is 3.02. The quantitative estimate of drug-likeness (QED) is 0.851. The highest BCUT2D eigenvalue weighted by Gasteiger charge is 2.31. The van der Waals surface area contributed by atoms with Crippen molar-refractivity contribution in [3.63, 3.8) is 0 Å². The summed E-state index contributed by atoms with van der Waals surface area (Å²) >= 11 is 0. The van der Waals surface area contributed by atoms with Crippen molar-refractivity contribution in [3.05, 3.63) is 24.5 Å². The molecular weight excluding hydrogens is 322 g/mol. The standard InChI is InChI=1S/C18H23N3O4/c1-18(2,3)25-17(22)21-8-7-13(10-21)24-16-14-9-12(23-4)5-6-15(14)19-11-20-16/h5-6,9,11,13H,7-8,10H2,1-4H3/t13-/m0/s1. The maximum Gasteiger partial charge on any atom is 0.410 e. The summed E-state index contributed by atoms with van der Waals surface area (Å²) in [6, 6.07) is 5.56. The van der Waals surface area contributed by atoms with E-state index in [1.54, 1.807) is 12.0 Å². The Morgan fingerprint density at radius 1 is 1.28 bits per heavy atom. The fourth-order valence-corrected chi connectivity index (χ4v) is 2.71. The van der Waals surface area contributed by atoms with Crippen molar-refractivity contribution in [3.8, 4) is 11.6 Å². The molecule has 1 atom stereocenters. The van der Waals surface area contributed by atoms with Crippen molar-refractivity contribution in [2.24, 2.45) is 0 Å². The van der Waals surface area contributed by atoms with Crippen LogP contribution < -0.4 is 9.47 Å². The number of ether oxygens (including phenoxy) is 3. The van der Waals surface area contributed by atoms with Gasteiger partial charge in [0.2, 0.25) is 5.88 Å². The van der Waals surface area contributed by atoms with Crippen LogP contribution in [0, 0.1) is 0 Å². The predicted octanol–water partition coefficient (Wildman–Crippen LogP) is 3.03. The minimum atomic E-state index is -0.505. The molecule has 1 amide bonds. The number of rotatable bonds is 3. The normalized spacial score (nSPS) is 17.6. The summed E-state index contributed by atoms with van der Waals surface area (Å²) in [5.74, 6) is 1.22. The molecule has 2 heterocycles. The van der Waals surface area contributed by atoms with E-state index in [9.17, 15) is 4.79 Å². The molecule has 0 bridgehead atoms. The zero-order valence-electron chi connectivity index (χ0n) is 15.0. The molecule has 2 aromatic rings. The number of likely N-dealkylation sites (tertiary alicyclic amines) is 1. The van der Waals surface area contributed by atoms with Crippen LogP contribution >= 0.6 is 0 Å². The summed E-state index contributed by atoms with van der Waals surface area (Å²) in [5.41, 5.74) is 0.280. The minimum absolute atomic E-state index is 0.128. The van der Waals surface area contributed by atoms with Crippen LogP contribution in [0.25, 0.3) is 10.9 Å². The van der Waals surface area contributed by atoms with E-state index in [1.807, 2.05) is 39.0 Å². The monoisotopic (exact) mass is 345 g/mol. The van der Waals surface area contributed by atoms with Gasteiger partial charge in [0, 0.05) is 13.0 Å². The van der Waals surface area contributed by atoms with Gasteiger partial charge < -0.3 is 19.1 Å². The lowest BCUT2D eigenvalue weighted by Gasteiger charge is -2.24. The van der Waals surface area contributed by atoms with Crippen molar-refractivity contribution < 1.29 is 19.0 Å². The highest BCUT2D eigenvalue weighted by Crippen LogP contribution is 2.28. The summed E-state index contributed by atoms with van der Waals surface area (Å²) in [6.45, 7) is 6.65. The first-order valence-electron chi connectivity index (χ1n) is 8.29. The third-order valence-electron chi connectivity index (χ3n) is 3.88. The van der Waals surface area contributed by atoms with Gasteiger partial charge in [-0.2, -0.15) is 0 Å². The molecule has 1 saturated heterocycles. The number of fused-ring (bicyclic) bond motifs is 1. The van der Waals surface area contributed by atoms with Crippen LogP contribution in [-0.2, 0) is 4.74 Å². The third kappa shape index (κ3) is 4.10. The van der Waals surface area contributed by atoms with E-state index in [0.717, 1.165) is 17.3 Å². The van der Waals surface area contributed by atoms with Crippen LogP contribution in [0.3, 0.4) is 0 Å². The van der Waals surface area contributed by atoms with Gasteiger partial charge in [0.05, 0.1) is 24.6 Å². The Balaban J connectivity index is 1.71. The van der Waals surface area contributed by atoms with E-state index in [1.165, 1.54) is 6.33 Å². The lowest BCUT2D eigenvalue weighted by molar-refractivity contribution is 0.0275. The summed E-state index contributed by atoms with van der Waals surface area (Å²) < 4.78 is 16.7. The molecule has 134 valence electrons. The number of carbonyl (C=O) groups is 1. The second-order valence-electron chi connectivity index (χ2n) is 7.02. The van der Waals surface area contributed by atoms with Crippen LogP contribution in [0.5, 0.6) is 11.6 Å². The largest absolute Gasteiger partial charge is 0.497 e. The smallest absolute Gasteiger partial charge is 0.410 e. The molecule has 0 spiro atoms. The fraction of sp³-hybridized carbons (Fsp3) is 0.500. The zero-order valence-corrected chi connectivity index (χ0v) is 15.0. The Morgan fingerprint density at radius 3 is 2.80 bits per heavy atom. The molecule has 0 aliphatic carbocycles. The Kier molecular flexibility index (Phi) is 4.65. The molecule has 0 saturated carbocycles. The van der Waals surface area contributed by atoms with Crippen LogP contribution in [0.4, 0.5) is 4.79 Å². The van der Waals surface area contributed by atoms with Gasteiger partial charge >= 0.3 is 6.09 Å². The highest BCUT2D eigenvalue weighted by molar-refractivity contribution is 5.84. The first-order chi connectivity index (χ1) is 11.9. The van der Waals surface area contributed by atoms with Crippen LogP contribution in [0.15, 0.2) is 24.5 Å². The molecule has 0 radical (unpaired) electrons. The number of amides is 1. The molecule has 25 heavy (non-hydrogen) atoms. The molecule has 1 aliphatic heterocycles. The van der Waals surface area contributed by atoms with Gasteiger partial charge in [-0.1, -0.05) is 0 Å². The van der Waals surface area contributed by atoms with Gasteiger partial charge in [-0.25, -0.2) is 14.8 Å². The van der Waals surface area contributed by atoms with E-state index in [-0.39, 0.29) is 12.2 Å². The van der Waals surface area contributed by atoms with Crippen molar-refractivity contribution in [1.82, 2.24) is 14.9 Å². The van der Waals surface area contributed by atoms with Gasteiger partial charge in [0.1, 0.15) is 23.8 Å². The number of benzene rings is 1. The lowest BCUT2D eigenvalue weighted by Crippen LogP contribution is -2.36. The topological polar surface area (TPSA) is 73.8 Å². The summed E-state index contributed by atoms with van der Waals surface area (Å²) in [5, 5.41) is 0.789. The van der Waals surface area contributed by atoms with Crippen molar-refractivity contribution >= 4 is 17.0 Å². The van der Waals surface area contributed by atoms with Crippen molar-refractivity contribution in [2.75, 3.05) is 20.2 Å². The van der Waals surface area contributed by atoms with E-state index in [2.05, 4.69) is 9.97 Å². The minimum Gasteiger partial charge on any atom is -0.497 e. The second-order valence-corrected chi connectivity index (χ2v) is 7.02. The Labute approximate surface area is 146 Å². The fourth-order valence-electron chi connectivity index (χ4n) is 2.71. The number of hydrogen-bond acceptors (Lipinski definition) is 6. The summed E-state index contributed by atoms with van der Waals surface area (Å²) in [6.07, 6.45) is 1.77. The Hall–Kier alpha value is -2.57. The van der Waals surface area contributed by atoms with Crippen molar-refractivity contribution in [1.29, 1.82) is 0 Å². The maximum absolute atomic E-state index is 12.2. The van der Waals surface area contributed by atoms with E-state index in [4.69, 9.17) is 14.2 Å². The number of methoxy groups -OCH3 is 1. The molecule has 1 aliphatic rings. The van der Waals surface area contributed by atoms with Gasteiger partial charge in [-0.05, 0) is 39.0 Å². The first kappa shape index (κ1) is 17.3. The van der Waals surface area contributed by atoms with Crippen LogP contribution in [0.2, 0.25) is 0 Å². The average molecular weight is 345 g/mol. The van der Waals surface area contributed by atoms with Gasteiger partial charge in [0.25, 0.3) is 0 Å². The maximum atomic E-state index is 12.2. The summed E-state index contributed by atoms with van der Waals surface area (Å²) in [7, 11) is 1.61. The molecule has 0 unspecified atom stereocenters. The first-order valence-corrected chi connectivity index (χ1v) is 8.29. The van der Waals surface area contributed by atoms with Crippen LogP contribution in [-0.4, -0.2) is 52.9 Å². The third-order valence-corrected chi connectivity index (χ3v) is 3.88. The molecule has 3 rings (SSSR count). The second kappa shape index (κ2) is 6.74. The molecule has 7 nitrogen and oxygen atoms in total. The van der Waals surface area contributed by atoms with Gasteiger partial charge in [0.15, 0.2) is 0 Å². The zero-order chi connectivity index (χ0) is 18.0. The Morgan fingerprint density at radius 2 is 2.08 bits per heavy atom. The molecule has 7 heteroatoms. The van der Waals surface area contributed by atoms with Crippen molar-refractivity contribution in [2.45, 2.75) is 38.9 Å². The molecule has 1 aromatic carbocycles. The lowest BCUT2D eigenvalue weighted by atomic mass is 10.2. The highest BCUT2D eigenvalue weighted by atomic mass is 16.6. The number of nitrogens with zero attached hydrogens (tertiary/aromatic N) is 3. The number of carbonyl (C=O) groups excluding carboxylic acids is 1. The molecule has 1 aromatic heterocycles. The molecular formula is C18H23N3O4.